The second kappa shape index (κ2) is 10.1. The number of carbonyl (C=O) groups is 3. The molecule has 2 N–H and O–H groups in total. The van der Waals surface area contributed by atoms with Gasteiger partial charge in [0, 0.05) is 18.2 Å². The highest BCUT2D eigenvalue weighted by atomic mass is 32.2. The monoisotopic (exact) mass is 500 g/mol. The van der Waals surface area contributed by atoms with Gasteiger partial charge in [-0.25, -0.2) is 13.2 Å². The van der Waals surface area contributed by atoms with Gasteiger partial charge in [-0.3, -0.25) is 9.59 Å². The van der Waals surface area contributed by atoms with Crippen molar-refractivity contribution >= 4 is 27.8 Å². The van der Waals surface area contributed by atoms with Crippen LogP contribution in [0.25, 0.3) is 11.1 Å². The molecule has 2 aromatic rings. The fraction of sp³-hybridized carbons (Fsp3) is 0.400. The van der Waals surface area contributed by atoms with Gasteiger partial charge in [-0.15, -0.1) is 0 Å². The Morgan fingerprint density at radius 3 is 2.14 bits per heavy atom. The number of sulfone groups is 1. The third-order valence-corrected chi connectivity index (χ3v) is 7.26. The van der Waals surface area contributed by atoms with Gasteiger partial charge in [0.2, 0.25) is 5.91 Å². The minimum Gasteiger partial charge on any atom is -0.480 e. The van der Waals surface area contributed by atoms with Crippen LogP contribution in [-0.4, -0.2) is 73.6 Å². The number of ether oxygens (including phenoxy) is 1. The summed E-state index contributed by atoms with van der Waals surface area (Å²) < 4.78 is 28.9. The Kier molecular flexibility index (Phi) is 7.11. The van der Waals surface area contributed by atoms with Crippen LogP contribution < -0.4 is 5.32 Å². The summed E-state index contributed by atoms with van der Waals surface area (Å²) in [5.74, 6) is -2.30. The van der Waals surface area contributed by atoms with E-state index in [1.165, 1.54) is 4.90 Å². The minimum atomic E-state index is -3.41. The maximum atomic E-state index is 13.1. The molecule has 2 aromatic carbocycles. The molecule has 2 aliphatic rings. The van der Waals surface area contributed by atoms with Crippen molar-refractivity contribution in [3.8, 4) is 11.1 Å². The number of amides is 2. The van der Waals surface area contributed by atoms with Crippen LogP contribution >= 0.6 is 0 Å². The van der Waals surface area contributed by atoms with E-state index in [-0.39, 0.29) is 30.7 Å². The summed E-state index contributed by atoms with van der Waals surface area (Å²) in [5, 5.41) is 11.7. The molecule has 0 heterocycles. The number of benzene rings is 2. The molecular weight excluding hydrogens is 472 g/mol. The fourth-order valence-electron chi connectivity index (χ4n) is 4.49. The third-order valence-electron chi connectivity index (χ3n) is 6.29. The van der Waals surface area contributed by atoms with Crippen LogP contribution in [0.2, 0.25) is 0 Å². The van der Waals surface area contributed by atoms with Gasteiger partial charge in [0.05, 0.1) is 5.75 Å². The van der Waals surface area contributed by atoms with Crippen molar-refractivity contribution in [2.45, 2.75) is 37.3 Å². The van der Waals surface area contributed by atoms with Crippen LogP contribution in [-0.2, 0) is 24.2 Å². The molecular formula is C25H28N2O7S. The quantitative estimate of drug-likeness (QED) is 0.512. The molecule has 0 radical (unpaired) electrons. The predicted molar refractivity (Wildman–Crippen MR) is 129 cm³/mol. The third kappa shape index (κ3) is 6.00. The first-order valence-electron chi connectivity index (χ1n) is 11.5. The highest BCUT2D eigenvalue weighted by Crippen LogP contribution is 2.44. The van der Waals surface area contributed by atoms with Crippen LogP contribution in [0.5, 0.6) is 0 Å². The topological polar surface area (TPSA) is 130 Å². The Labute approximate surface area is 204 Å². The molecule has 1 fully saturated rings. The highest BCUT2D eigenvalue weighted by Gasteiger charge is 2.38. The van der Waals surface area contributed by atoms with E-state index in [0.29, 0.717) is 12.8 Å². The molecule has 35 heavy (non-hydrogen) atoms. The van der Waals surface area contributed by atoms with Crippen molar-refractivity contribution in [1.29, 1.82) is 0 Å². The van der Waals surface area contributed by atoms with Crippen LogP contribution in [0.15, 0.2) is 48.5 Å². The molecule has 2 aliphatic carbocycles. The molecule has 0 bridgehead atoms. The second-order valence-electron chi connectivity index (χ2n) is 9.03. The summed E-state index contributed by atoms with van der Waals surface area (Å²) in [6.07, 6.45) is 1.35. The number of fused-ring (bicyclic) bond motifs is 3. The number of hydrogen-bond acceptors (Lipinski definition) is 6. The van der Waals surface area contributed by atoms with Gasteiger partial charge < -0.3 is 20.1 Å². The summed E-state index contributed by atoms with van der Waals surface area (Å²) in [6, 6.07) is 14.3. The van der Waals surface area contributed by atoms with E-state index in [2.05, 4.69) is 5.32 Å². The van der Waals surface area contributed by atoms with Gasteiger partial charge in [-0.2, -0.15) is 0 Å². The van der Waals surface area contributed by atoms with E-state index in [1.54, 1.807) is 0 Å². The average Bonchev–Trinajstić information content (AvgIpc) is 3.60. The van der Waals surface area contributed by atoms with E-state index in [4.69, 9.17) is 4.74 Å². The van der Waals surface area contributed by atoms with Gasteiger partial charge in [-0.1, -0.05) is 48.5 Å². The summed E-state index contributed by atoms with van der Waals surface area (Å²) in [6.45, 7) is -0.473. The molecule has 9 nitrogen and oxygen atoms in total. The highest BCUT2D eigenvalue weighted by molar-refractivity contribution is 7.90. The molecule has 2 amide bonds. The zero-order valence-corrected chi connectivity index (χ0v) is 20.2. The number of nitrogens with one attached hydrogen (secondary N) is 1. The van der Waals surface area contributed by atoms with E-state index in [9.17, 15) is 27.9 Å². The molecule has 0 saturated heterocycles. The van der Waals surface area contributed by atoms with Crippen molar-refractivity contribution in [2.24, 2.45) is 0 Å². The summed E-state index contributed by atoms with van der Waals surface area (Å²) in [7, 11) is -3.41. The molecule has 10 heteroatoms. The first-order chi connectivity index (χ1) is 16.6. The molecule has 0 spiro atoms. The Morgan fingerprint density at radius 2 is 1.63 bits per heavy atom. The number of hydrogen-bond donors (Lipinski definition) is 2. The van der Waals surface area contributed by atoms with Crippen molar-refractivity contribution in [2.75, 3.05) is 25.2 Å². The maximum absolute atomic E-state index is 13.1. The van der Waals surface area contributed by atoms with Crippen molar-refractivity contribution in [1.82, 2.24) is 10.2 Å². The smallest absolute Gasteiger partial charge is 0.407 e. The number of rotatable bonds is 10. The zero-order chi connectivity index (χ0) is 25.2. The molecule has 0 aromatic heterocycles. The van der Waals surface area contributed by atoms with E-state index < -0.39 is 40.4 Å². The number of nitrogens with zero attached hydrogens (tertiary/aromatic N) is 1. The molecule has 0 aliphatic heterocycles. The standard InChI is InChI=1S/C25H28N2O7S/c1-35(32,33)13-12-22(24(30)27(14-23(28)29)16-10-11-16)26-25(31)34-15-21-19-8-4-2-6-17(19)18-7-3-5-9-20(18)21/h2-9,16,21-22H,10-15H2,1H3,(H,26,31)(H,28,29). The van der Waals surface area contributed by atoms with Crippen molar-refractivity contribution in [3.05, 3.63) is 59.7 Å². The maximum Gasteiger partial charge on any atom is 0.407 e. The molecule has 1 atom stereocenters. The Hall–Kier alpha value is -3.40. The zero-order valence-electron chi connectivity index (χ0n) is 19.3. The lowest BCUT2D eigenvalue weighted by Gasteiger charge is -2.26. The van der Waals surface area contributed by atoms with E-state index in [0.717, 1.165) is 28.5 Å². The molecule has 186 valence electrons. The number of carboxylic acids is 1. The number of carbonyl (C=O) groups excluding carboxylic acids is 2. The van der Waals surface area contributed by atoms with Crippen LogP contribution in [0.1, 0.15) is 36.3 Å². The number of carboxylic acid groups (broad SMARTS) is 1. The van der Waals surface area contributed by atoms with E-state index in [1.807, 2.05) is 48.5 Å². The van der Waals surface area contributed by atoms with Crippen LogP contribution in [0.4, 0.5) is 4.79 Å². The largest absolute Gasteiger partial charge is 0.480 e. The number of aliphatic carboxylic acids is 1. The van der Waals surface area contributed by atoms with Gasteiger partial charge in [0.25, 0.3) is 0 Å². The van der Waals surface area contributed by atoms with Gasteiger partial charge in [-0.05, 0) is 41.5 Å². The second-order valence-corrected chi connectivity index (χ2v) is 11.3. The lowest BCUT2D eigenvalue weighted by atomic mass is 9.98. The van der Waals surface area contributed by atoms with Crippen molar-refractivity contribution < 1.29 is 32.6 Å². The molecule has 1 unspecified atom stereocenters. The average molecular weight is 501 g/mol. The lowest BCUT2D eigenvalue weighted by molar-refractivity contribution is -0.145. The fourth-order valence-corrected chi connectivity index (χ4v) is 5.15. The summed E-state index contributed by atoms with van der Waals surface area (Å²) >= 11 is 0. The Balaban J connectivity index is 1.46. The summed E-state index contributed by atoms with van der Waals surface area (Å²) in [5.41, 5.74) is 4.22. The number of alkyl carbamates (subject to hydrolysis) is 1. The SMILES string of the molecule is CS(=O)(=O)CCC(NC(=O)OCC1c2ccccc2-c2ccccc21)C(=O)N(CC(=O)O)C1CC1. The Morgan fingerprint density at radius 1 is 1.06 bits per heavy atom. The molecule has 1 saturated carbocycles. The van der Waals surface area contributed by atoms with E-state index >= 15 is 0 Å². The minimum absolute atomic E-state index is 0.0360. The molecule has 4 rings (SSSR count). The van der Waals surface area contributed by atoms with Gasteiger partial charge >= 0.3 is 12.1 Å². The Bertz CT molecular complexity index is 1190. The lowest BCUT2D eigenvalue weighted by Crippen LogP contribution is -2.51. The normalized spacial score (nSPS) is 15.6. The first-order valence-corrected chi connectivity index (χ1v) is 13.5. The van der Waals surface area contributed by atoms with Gasteiger partial charge in [0.15, 0.2) is 0 Å². The van der Waals surface area contributed by atoms with Crippen LogP contribution in [0, 0.1) is 0 Å². The summed E-state index contributed by atoms with van der Waals surface area (Å²) in [4.78, 5) is 38.3. The van der Waals surface area contributed by atoms with Gasteiger partial charge in [0.1, 0.15) is 29.0 Å². The predicted octanol–water partition coefficient (Wildman–Crippen LogP) is 2.40. The van der Waals surface area contributed by atoms with Crippen molar-refractivity contribution in [3.63, 3.8) is 0 Å². The first kappa shape index (κ1) is 24.7. The van der Waals surface area contributed by atoms with Crippen LogP contribution in [0.3, 0.4) is 0 Å².